The van der Waals surface area contributed by atoms with Gasteiger partial charge in [0.15, 0.2) is 0 Å². The Balaban J connectivity index is 2.11. The van der Waals surface area contributed by atoms with Gasteiger partial charge in [0, 0.05) is 28.5 Å². The first kappa shape index (κ1) is 15.3. The van der Waals surface area contributed by atoms with E-state index in [1.54, 1.807) is 0 Å². The Kier molecular flexibility index (Phi) is 4.37. The lowest BCUT2D eigenvalue weighted by molar-refractivity contribution is -0.127. The number of carbonyl (C=O) groups is 1. The molecule has 0 saturated carbocycles. The van der Waals surface area contributed by atoms with Crippen LogP contribution in [0.2, 0.25) is 5.02 Å². The van der Waals surface area contributed by atoms with E-state index < -0.39 is 0 Å². The smallest absolute Gasteiger partial charge is 0.246 e. The molecule has 0 N–H and O–H groups in total. The quantitative estimate of drug-likeness (QED) is 0.692. The van der Waals surface area contributed by atoms with Gasteiger partial charge in [0.05, 0.1) is 0 Å². The van der Waals surface area contributed by atoms with E-state index in [1.807, 2.05) is 35.2 Å². The van der Waals surface area contributed by atoms with E-state index in [4.69, 9.17) is 11.6 Å². The molecule has 1 aliphatic rings. The van der Waals surface area contributed by atoms with Crippen LogP contribution in [0.25, 0.3) is 0 Å². The molecule has 0 saturated heterocycles. The summed E-state index contributed by atoms with van der Waals surface area (Å²) in [6.45, 7) is 4.81. The minimum Gasteiger partial charge on any atom is -0.334 e. The van der Waals surface area contributed by atoms with Gasteiger partial charge in [0.25, 0.3) is 0 Å². The van der Waals surface area contributed by atoms with Gasteiger partial charge in [-0.2, -0.15) is 0 Å². The molecule has 112 valence electrons. The molecular formula is C18H15BrClNO. The molecule has 0 aliphatic carbocycles. The molecule has 0 radical (unpaired) electrons. The number of hydrogen-bond donors (Lipinski definition) is 0. The summed E-state index contributed by atoms with van der Waals surface area (Å²) in [5, 5.41) is 0.728. The Morgan fingerprint density at radius 1 is 1.27 bits per heavy atom. The average Bonchev–Trinajstić information content (AvgIpc) is 2.54. The number of halogens is 2. The predicted octanol–water partition coefficient (Wildman–Crippen LogP) is 4.76. The van der Waals surface area contributed by atoms with Crippen LogP contribution in [0.4, 0.5) is 0 Å². The Labute approximate surface area is 143 Å². The first-order valence-electron chi connectivity index (χ1n) is 7.04. The molecule has 0 fully saturated rings. The SMILES string of the molecule is C=CC(=O)N1Cc2ccc(Br)cc2C(c2ccccc2Cl)C1. The highest BCUT2D eigenvalue weighted by molar-refractivity contribution is 9.10. The third-order valence-corrected chi connectivity index (χ3v) is 4.85. The Hall–Kier alpha value is -1.58. The lowest BCUT2D eigenvalue weighted by atomic mass is 9.84. The lowest BCUT2D eigenvalue weighted by Gasteiger charge is -2.35. The van der Waals surface area contributed by atoms with Crippen molar-refractivity contribution in [2.24, 2.45) is 0 Å². The maximum atomic E-state index is 12.1. The van der Waals surface area contributed by atoms with Crippen LogP contribution in [-0.2, 0) is 11.3 Å². The lowest BCUT2D eigenvalue weighted by Crippen LogP contribution is -2.37. The first-order chi connectivity index (χ1) is 10.6. The summed E-state index contributed by atoms with van der Waals surface area (Å²) in [6, 6.07) is 14.0. The van der Waals surface area contributed by atoms with Crippen molar-refractivity contribution in [3.8, 4) is 0 Å². The maximum absolute atomic E-state index is 12.1. The molecule has 3 rings (SSSR count). The van der Waals surface area contributed by atoms with Crippen LogP contribution in [0.15, 0.2) is 59.6 Å². The largest absolute Gasteiger partial charge is 0.334 e. The third-order valence-electron chi connectivity index (χ3n) is 4.01. The van der Waals surface area contributed by atoms with E-state index in [0.29, 0.717) is 13.1 Å². The third kappa shape index (κ3) is 2.83. The highest BCUT2D eigenvalue weighted by Crippen LogP contribution is 2.37. The van der Waals surface area contributed by atoms with Gasteiger partial charge in [0.2, 0.25) is 5.91 Å². The fraction of sp³-hybridized carbons (Fsp3) is 0.167. The fourth-order valence-electron chi connectivity index (χ4n) is 2.94. The first-order valence-corrected chi connectivity index (χ1v) is 8.21. The van der Waals surface area contributed by atoms with Crippen LogP contribution in [0.1, 0.15) is 22.6 Å². The van der Waals surface area contributed by atoms with E-state index in [1.165, 1.54) is 11.6 Å². The number of amides is 1. The Morgan fingerprint density at radius 2 is 2.05 bits per heavy atom. The predicted molar refractivity (Wildman–Crippen MR) is 93.1 cm³/mol. The van der Waals surface area contributed by atoms with Crippen LogP contribution < -0.4 is 0 Å². The average molecular weight is 377 g/mol. The van der Waals surface area contributed by atoms with Crippen molar-refractivity contribution in [2.75, 3.05) is 6.54 Å². The van der Waals surface area contributed by atoms with Gasteiger partial charge in [-0.1, -0.05) is 58.4 Å². The van der Waals surface area contributed by atoms with Crippen molar-refractivity contribution < 1.29 is 4.79 Å². The molecule has 1 aliphatic heterocycles. The van der Waals surface area contributed by atoms with E-state index in [-0.39, 0.29) is 11.8 Å². The highest BCUT2D eigenvalue weighted by atomic mass is 79.9. The van der Waals surface area contributed by atoms with Crippen molar-refractivity contribution in [1.29, 1.82) is 0 Å². The van der Waals surface area contributed by atoms with Crippen molar-refractivity contribution in [3.63, 3.8) is 0 Å². The Morgan fingerprint density at radius 3 is 2.77 bits per heavy atom. The van der Waals surface area contributed by atoms with Crippen molar-refractivity contribution >= 4 is 33.4 Å². The molecule has 0 spiro atoms. The number of carbonyl (C=O) groups excluding carboxylic acids is 1. The van der Waals surface area contributed by atoms with Crippen LogP contribution in [-0.4, -0.2) is 17.4 Å². The minimum absolute atomic E-state index is 0.0503. The molecule has 2 aromatic rings. The summed E-state index contributed by atoms with van der Waals surface area (Å²) < 4.78 is 1.03. The number of fused-ring (bicyclic) bond motifs is 1. The summed E-state index contributed by atoms with van der Waals surface area (Å²) in [5.41, 5.74) is 3.41. The van der Waals surface area contributed by atoms with Gasteiger partial charge >= 0.3 is 0 Å². The van der Waals surface area contributed by atoms with Gasteiger partial charge in [-0.3, -0.25) is 4.79 Å². The van der Waals surface area contributed by atoms with E-state index >= 15 is 0 Å². The number of rotatable bonds is 2. The zero-order valence-electron chi connectivity index (χ0n) is 11.9. The van der Waals surface area contributed by atoms with Crippen LogP contribution in [0.3, 0.4) is 0 Å². The standard InChI is InChI=1S/C18H15BrClNO/c1-2-18(22)21-10-12-7-8-13(19)9-15(12)16(11-21)14-5-3-4-6-17(14)20/h2-9,16H,1,10-11H2. The van der Waals surface area contributed by atoms with Crippen LogP contribution in [0, 0.1) is 0 Å². The van der Waals surface area contributed by atoms with Gasteiger partial charge in [-0.05, 0) is 41.0 Å². The summed E-state index contributed by atoms with van der Waals surface area (Å²) in [4.78, 5) is 13.9. The molecule has 0 bridgehead atoms. The molecule has 1 amide bonds. The van der Waals surface area contributed by atoms with E-state index in [9.17, 15) is 4.79 Å². The summed E-state index contributed by atoms with van der Waals surface area (Å²) in [6.07, 6.45) is 1.37. The number of hydrogen-bond acceptors (Lipinski definition) is 1. The zero-order valence-corrected chi connectivity index (χ0v) is 14.3. The van der Waals surface area contributed by atoms with Crippen molar-refractivity contribution in [1.82, 2.24) is 4.90 Å². The van der Waals surface area contributed by atoms with Crippen LogP contribution in [0.5, 0.6) is 0 Å². The molecule has 1 heterocycles. The highest BCUT2D eigenvalue weighted by Gasteiger charge is 2.29. The molecular weight excluding hydrogens is 362 g/mol. The zero-order chi connectivity index (χ0) is 15.7. The van der Waals surface area contributed by atoms with Crippen LogP contribution >= 0.6 is 27.5 Å². The minimum atomic E-state index is -0.0503. The second-order valence-corrected chi connectivity index (χ2v) is 6.66. The topological polar surface area (TPSA) is 20.3 Å². The molecule has 2 aromatic carbocycles. The fourth-order valence-corrected chi connectivity index (χ4v) is 3.59. The number of benzene rings is 2. The van der Waals surface area contributed by atoms with Gasteiger partial charge in [-0.25, -0.2) is 0 Å². The van der Waals surface area contributed by atoms with E-state index in [0.717, 1.165) is 20.6 Å². The van der Waals surface area contributed by atoms with Gasteiger partial charge in [0.1, 0.15) is 0 Å². The Bertz CT molecular complexity index is 744. The normalized spacial score (nSPS) is 17.0. The summed E-state index contributed by atoms with van der Waals surface area (Å²) in [7, 11) is 0. The van der Waals surface area contributed by atoms with Crippen molar-refractivity contribution in [2.45, 2.75) is 12.5 Å². The second-order valence-electron chi connectivity index (χ2n) is 5.34. The second kappa shape index (κ2) is 6.27. The molecule has 1 unspecified atom stereocenters. The molecule has 22 heavy (non-hydrogen) atoms. The maximum Gasteiger partial charge on any atom is 0.246 e. The summed E-state index contributed by atoms with van der Waals surface area (Å²) in [5.74, 6) is 0.0180. The van der Waals surface area contributed by atoms with Crippen molar-refractivity contribution in [3.05, 3.63) is 81.3 Å². The number of nitrogens with zero attached hydrogens (tertiary/aromatic N) is 1. The monoisotopic (exact) mass is 375 g/mol. The van der Waals surface area contributed by atoms with Gasteiger partial charge in [-0.15, -0.1) is 0 Å². The molecule has 4 heteroatoms. The van der Waals surface area contributed by atoms with Gasteiger partial charge < -0.3 is 4.90 Å². The molecule has 1 atom stereocenters. The molecule has 0 aromatic heterocycles. The summed E-state index contributed by atoms with van der Waals surface area (Å²) >= 11 is 9.93. The molecule has 2 nitrogen and oxygen atoms in total. The van der Waals surface area contributed by atoms with E-state index in [2.05, 4.69) is 34.6 Å².